The van der Waals surface area contributed by atoms with E-state index in [1.165, 1.54) is 51.4 Å². The highest BCUT2D eigenvalue weighted by molar-refractivity contribution is 5.86. The molecule has 5 aliphatic rings. The number of hydrogen-bond donors (Lipinski definition) is 2. The third-order valence-electron chi connectivity index (χ3n) is 8.77. The molecule has 4 aliphatic carbocycles. The molecule has 8 unspecified atom stereocenters. The zero-order valence-corrected chi connectivity index (χ0v) is 19.5. The zero-order chi connectivity index (χ0) is 21.4. The van der Waals surface area contributed by atoms with Crippen LogP contribution in [0.2, 0.25) is 0 Å². The number of aliphatic hydroxyl groups is 1. The monoisotopic (exact) mass is 426 g/mol. The number of aliphatic imine (C=N–C) groups is 1. The Kier molecular flexibility index (Phi) is 6.57. The fourth-order valence-electron chi connectivity index (χ4n) is 7.22. The summed E-state index contributed by atoms with van der Waals surface area (Å²) in [6.45, 7) is 4.21. The van der Waals surface area contributed by atoms with Crippen LogP contribution in [-0.4, -0.2) is 35.4 Å². The number of rotatable bonds is 4. The van der Waals surface area contributed by atoms with E-state index in [9.17, 15) is 5.11 Å². The Balaban J connectivity index is 1.34. The van der Waals surface area contributed by atoms with Gasteiger partial charge in [0.05, 0.1) is 18.2 Å². The van der Waals surface area contributed by atoms with Crippen molar-refractivity contribution in [3.8, 4) is 0 Å². The first-order valence-electron chi connectivity index (χ1n) is 13.1. The molecule has 0 radical (unpaired) electrons. The minimum absolute atomic E-state index is 0.0108. The average Bonchev–Trinajstić information content (AvgIpc) is 2.77. The zero-order valence-electron chi connectivity index (χ0n) is 19.5. The highest BCUT2D eigenvalue weighted by Crippen LogP contribution is 2.50. The summed E-state index contributed by atoms with van der Waals surface area (Å²) in [5.74, 6) is 4.81. The molecule has 1 heterocycles. The van der Waals surface area contributed by atoms with E-state index < -0.39 is 6.10 Å². The summed E-state index contributed by atoms with van der Waals surface area (Å²) in [6.07, 6.45) is 20.5. The standard InChI is InChI=1S/C27H42N2O2/c1-17(2)31-26-16-24(28-27(29-26)23-9-5-6-10-25(23)30)21-12-11-20-13-18-7-3-4-8-19(18)14-22(20)15-21/h6,10,12,17-20,22-26,30H,3-5,7-9,11,13-16H2,1-2H3,(H,28,29). The molecular formula is C27H42N2O2. The highest BCUT2D eigenvalue weighted by atomic mass is 16.5. The van der Waals surface area contributed by atoms with Gasteiger partial charge in [0.1, 0.15) is 12.1 Å². The van der Waals surface area contributed by atoms with Crippen LogP contribution < -0.4 is 5.32 Å². The lowest BCUT2D eigenvalue weighted by Gasteiger charge is -2.46. The first-order valence-corrected chi connectivity index (χ1v) is 13.1. The van der Waals surface area contributed by atoms with Crippen LogP contribution in [0.3, 0.4) is 0 Å². The second kappa shape index (κ2) is 9.39. The summed E-state index contributed by atoms with van der Waals surface area (Å²) in [6, 6.07) is 0.211. The molecule has 31 heavy (non-hydrogen) atoms. The van der Waals surface area contributed by atoms with E-state index in [1.54, 1.807) is 5.57 Å². The Morgan fingerprint density at radius 2 is 1.81 bits per heavy atom. The van der Waals surface area contributed by atoms with E-state index in [1.807, 2.05) is 6.08 Å². The Bertz CT molecular complexity index is 727. The second-order valence-electron chi connectivity index (χ2n) is 11.2. The van der Waals surface area contributed by atoms with Crippen LogP contribution in [-0.2, 0) is 4.74 Å². The first kappa shape index (κ1) is 21.7. The Morgan fingerprint density at radius 1 is 1.03 bits per heavy atom. The summed E-state index contributed by atoms with van der Waals surface area (Å²) >= 11 is 0. The van der Waals surface area contributed by atoms with Gasteiger partial charge < -0.3 is 15.2 Å². The number of aliphatic hydroxyl groups excluding tert-OH is 1. The molecule has 0 amide bonds. The third kappa shape index (κ3) is 4.80. The highest BCUT2D eigenvalue weighted by Gasteiger charge is 2.41. The van der Waals surface area contributed by atoms with Crippen LogP contribution >= 0.6 is 0 Å². The normalized spacial score (nSPS) is 42.8. The number of amidine groups is 1. The molecule has 0 aromatic heterocycles. The van der Waals surface area contributed by atoms with Crippen molar-refractivity contribution >= 4 is 5.84 Å². The van der Waals surface area contributed by atoms with Crippen molar-refractivity contribution in [2.75, 3.05) is 0 Å². The van der Waals surface area contributed by atoms with Gasteiger partial charge >= 0.3 is 0 Å². The van der Waals surface area contributed by atoms with Gasteiger partial charge in [0.25, 0.3) is 0 Å². The van der Waals surface area contributed by atoms with Gasteiger partial charge in [-0.25, -0.2) is 0 Å². The average molecular weight is 427 g/mol. The van der Waals surface area contributed by atoms with Crippen molar-refractivity contribution in [2.45, 2.75) is 109 Å². The fraction of sp³-hybridized carbons (Fsp3) is 0.815. The number of fused-ring (bicyclic) bond motifs is 2. The van der Waals surface area contributed by atoms with E-state index in [0.717, 1.165) is 48.8 Å². The largest absolute Gasteiger partial charge is 0.388 e. The van der Waals surface area contributed by atoms with Crippen molar-refractivity contribution in [1.29, 1.82) is 0 Å². The number of ether oxygens (including phenoxy) is 1. The lowest BCUT2D eigenvalue weighted by molar-refractivity contribution is -0.0126. The van der Waals surface area contributed by atoms with Gasteiger partial charge in [-0.2, -0.15) is 0 Å². The molecule has 8 atom stereocenters. The lowest BCUT2D eigenvalue weighted by Crippen LogP contribution is -2.50. The van der Waals surface area contributed by atoms with Crippen LogP contribution in [0.25, 0.3) is 0 Å². The van der Waals surface area contributed by atoms with Crippen LogP contribution in [0.1, 0.15) is 84.5 Å². The van der Waals surface area contributed by atoms with Crippen molar-refractivity contribution in [1.82, 2.24) is 5.32 Å². The molecule has 2 fully saturated rings. The van der Waals surface area contributed by atoms with Gasteiger partial charge in [-0.15, -0.1) is 0 Å². The summed E-state index contributed by atoms with van der Waals surface area (Å²) in [7, 11) is 0. The van der Waals surface area contributed by atoms with E-state index in [0.29, 0.717) is 0 Å². The van der Waals surface area contributed by atoms with Crippen molar-refractivity contribution in [3.05, 3.63) is 23.8 Å². The fourth-order valence-corrected chi connectivity index (χ4v) is 7.22. The van der Waals surface area contributed by atoms with E-state index in [2.05, 4.69) is 31.3 Å². The Morgan fingerprint density at radius 3 is 2.55 bits per heavy atom. The molecule has 0 aromatic rings. The van der Waals surface area contributed by atoms with Crippen molar-refractivity contribution < 1.29 is 9.84 Å². The Hall–Kier alpha value is -1.13. The predicted molar refractivity (Wildman–Crippen MR) is 126 cm³/mol. The number of hydrogen-bond acceptors (Lipinski definition) is 4. The molecule has 0 bridgehead atoms. The van der Waals surface area contributed by atoms with Crippen LogP contribution in [0.15, 0.2) is 28.8 Å². The van der Waals surface area contributed by atoms with Crippen LogP contribution in [0.4, 0.5) is 0 Å². The molecule has 0 saturated heterocycles. The maximum absolute atomic E-state index is 10.6. The quantitative estimate of drug-likeness (QED) is 0.594. The van der Waals surface area contributed by atoms with Gasteiger partial charge in [-0.05, 0) is 81.6 Å². The summed E-state index contributed by atoms with van der Waals surface area (Å²) in [5.41, 5.74) is 1.55. The van der Waals surface area contributed by atoms with Gasteiger partial charge in [-0.1, -0.05) is 43.9 Å². The molecule has 172 valence electrons. The first-order chi connectivity index (χ1) is 15.1. The molecule has 2 N–H and O–H groups in total. The molecule has 1 aliphatic heterocycles. The molecule has 4 nitrogen and oxygen atoms in total. The number of nitrogens with zero attached hydrogens (tertiary/aromatic N) is 1. The van der Waals surface area contributed by atoms with Crippen LogP contribution in [0, 0.1) is 29.6 Å². The topological polar surface area (TPSA) is 53.9 Å². The van der Waals surface area contributed by atoms with Gasteiger partial charge in [-0.3, -0.25) is 4.99 Å². The van der Waals surface area contributed by atoms with E-state index in [4.69, 9.17) is 9.73 Å². The smallest absolute Gasteiger partial charge is 0.131 e. The summed E-state index contributed by atoms with van der Waals surface area (Å²) in [5, 5.41) is 14.1. The van der Waals surface area contributed by atoms with Crippen LogP contribution in [0.5, 0.6) is 0 Å². The lowest BCUT2D eigenvalue weighted by atomic mass is 9.60. The minimum atomic E-state index is -0.440. The van der Waals surface area contributed by atoms with E-state index in [-0.39, 0.29) is 24.3 Å². The van der Waals surface area contributed by atoms with Crippen molar-refractivity contribution in [2.24, 2.45) is 34.6 Å². The van der Waals surface area contributed by atoms with Gasteiger partial charge in [0, 0.05) is 12.3 Å². The maximum atomic E-state index is 10.6. The Labute approximate surface area is 188 Å². The van der Waals surface area contributed by atoms with E-state index >= 15 is 0 Å². The number of allylic oxidation sites excluding steroid dienone is 2. The number of nitrogens with one attached hydrogen (secondary N) is 1. The molecule has 2 saturated carbocycles. The summed E-state index contributed by atoms with van der Waals surface area (Å²) in [4.78, 5) is 5.22. The molecule has 0 spiro atoms. The van der Waals surface area contributed by atoms with Gasteiger partial charge in [0.15, 0.2) is 0 Å². The second-order valence-corrected chi connectivity index (χ2v) is 11.2. The SMILES string of the molecule is CC(C)OC1CC(C2=CCC3CC4CCCCC4CC3C2)N=C(C2CCC=CC2O)N1. The molecule has 4 heteroatoms. The maximum Gasteiger partial charge on any atom is 0.131 e. The molecular weight excluding hydrogens is 384 g/mol. The van der Waals surface area contributed by atoms with Gasteiger partial charge in [0.2, 0.25) is 0 Å². The van der Waals surface area contributed by atoms with Crippen molar-refractivity contribution in [3.63, 3.8) is 0 Å². The molecule has 0 aromatic carbocycles. The summed E-state index contributed by atoms with van der Waals surface area (Å²) < 4.78 is 6.23. The molecule has 5 rings (SSSR count). The minimum Gasteiger partial charge on any atom is -0.388 e. The predicted octanol–water partition coefficient (Wildman–Crippen LogP) is 5.38. The third-order valence-corrected chi connectivity index (χ3v) is 8.77.